The van der Waals surface area contributed by atoms with Crippen molar-refractivity contribution >= 4 is 48.4 Å². The summed E-state index contributed by atoms with van der Waals surface area (Å²) in [5.41, 5.74) is 0.538. The molecule has 0 unspecified atom stereocenters. The molecule has 2 fully saturated rings. The molecule has 1 saturated heterocycles. The lowest BCUT2D eigenvalue weighted by molar-refractivity contribution is 0.214. The molecule has 2 aromatic carbocycles. The number of anilines is 1. The van der Waals surface area contributed by atoms with Gasteiger partial charge in [0.15, 0.2) is 0 Å². The van der Waals surface area contributed by atoms with E-state index in [1.165, 1.54) is 16.5 Å². The van der Waals surface area contributed by atoms with Crippen molar-refractivity contribution in [3.05, 3.63) is 48.5 Å². The zero-order valence-corrected chi connectivity index (χ0v) is 23.3. The van der Waals surface area contributed by atoms with Gasteiger partial charge in [0, 0.05) is 49.1 Å². The van der Waals surface area contributed by atoms with E-state index in [-0.39, 0.29) is 11.1 Å². The number of fused-ring (bicyclic) bond motifs is 2. The van der Waals surface area contributed by atoms with Crippen LogP contribution in [-0.2, 0) is 10.0 Å². The number of nitrogens with zero attached hydrogens (tertiary/aromatic N) is 3. The monoisotopic (exact) mass is 554 g/mol. The Bertz CT molecular complexity index is 1500. The Kier molecular flexibility index (Phi) is 7.31. The zero-order valence-electron chi connectivity index (χ0n) is 21.6. The van der Waals surface area contributed by atoms with Crippen molar-refractivity contribution in [2.24, 2.45) is 5.92 Å². The van der Waals surface area contributed by atoms with Crippen molar-refractivity contribution in [1.82, 2.24) is 14.0 Å². The topological polar surface area (TPSA) is 87.9 Å². The average Bonchev–Trinajstić information content (AvgIpc) is 3.57. The number of aromatic nitrogens is 1. The van der Waals surface area contributed by atoms with Crippen LogP contribution in [0, 0.1) is 5.92 Å². The minimum atomic E-state index is -3.70. The van der Waals surface area contributed by atoms with Gasteiger partial charge in [0.05, 0.1) is 11.8 Å². The van der Waals surface area contributed by atoms with Gasteiger partial charge < -0.3 is 14.1 Å². The Labute approximate surface area is 227 Å². The average molecular weight is 555 g/mol. The van der Waals surface area contributed by atoms with E-state index in [9.17, 15) is 8.42 Å². The normalized spacial score (nSPS) is 21.3. The quantitative estimate of drug-likeness (QED) is 0.324. The summed E-state index contributed by atoms with van der Waals surface area (Å²) >= 11 is 1.58. The predicted molar refractivity (Wildman–Crippen MR) is 152 cm³/mol. The maximum Gasteiger partial charge on any atom is 0.274 e. The highest BCUT2D eigenvalue weighted by atomic mass is 32.2. The molecule has 8 nitrogen and oxygen atoms in total. The highest BCUT2D eigenvalue weighted by molar-refractivity contribution is 7.89. The van der Waals surface area contributed by atoms with Crippen molar-refractivity contribution < 1.29 is 17.6 Å². The second-order valence-electron chi connectivity index (χ2n) is 10.4. The first-order valence-corrected chi connectivity index (χ1v) is 15.7. The van der Waals surface area contributed by atoms with Gasteiger partial charge in [0.1, 0.15) is 17.2 Å². The summed E-state index contributed by atoms with van der Waals surface area (Å²) < 4.78 is 45.7. The van der Waals surface area contributed by atoms with Crippen LogP contribution in [0.5, 0.6) is 5.75 Å². The molecule has 1 N–H and O–H groups in total. The lowest BCUT2D eigenvalue weighted by atomic mass is 9.84. The molecule has 0 amide bonds. The molecule has 1 aliphatic heterocycles. The summed E-state index contributed by atoms with van der Waals surface area (Å²) in [6.07, 6.45) is 5.00. The summed E-state index contributed by atoms with van der Waals surface area (Å²) in [6, 6.07) is 15.3. The van der Waals surface area contributed by atoms with Crippen molar-refractivity contribution in [2.75, 3.05) is 44.7 Å². The lowest BCUT2D eigenvalue weighted by Gasteiger charge is -2.36. The molecule has 6 rings (SSSR count). The van der Waals surface area contributed by atoms with Gasteiger partial charge in [-0.25, -0.2) is 13.1 Å². The van der Waals surface area contributed by atoms with E-state index in [1.807, 2.05) is 0 Å². The van der Waals surface area contributed by atoms with E-state index in [0.717, 1.165) is 64.2 Å². The fraction of sp³-hybridized carbons (Fsp3) is 0.464. The third-order valence-corrected chi connectivity index (χ3v) is 10.2. The molecule has 4 aromatic rings. The number of methoxy groups -OCH3 is 1. The van der Waals surface area contributed by atoms with Gasteiger partial charge in [0.25, 0.3) is 10.0 Å². The first kappa shape index (κ1) is 25.6. The fourth-order valence-corrected chi connectivity index (χ4v) is 7.82. The maximum absolute atomic E-state index is 13.0. The Morgan fingerprint density at radius 2 is 1.84 bits per heavy atom. The van der Waals surface area contributed by atoms with Gasteiger partial charge in [-0.3, -0.25) is 4.90 Å². The second kappa shape index (κ2) is 10.8. The molecule has 2 aliphatic rings. The van der Waals surface area contributed by atoms with Crippen LogP contribution in [0.2, 0.25) is 0 Å². The molecule has 202 valence electrons. The van der Waals surface area contributed by atoms with Crippen LogP contribution in [0.25, 0.3) is 21.1 Å². The number of sulfonamides is 1. The molecule has 1 aliphatic carbocycles. The Balaban J connectivity index is 0.956. The van der Waals surface area contributed by atoms with Gasteiger partial charge >= 0.3 is 0 Å². The molecule has 2 aromatic heterocycles. The highest BCUT2D eigenvalue weighted by Crippen LogP contribution is 2.32. The molecule has 1 saturated carbocycles. The molecular weight excluding hydrogens is 520 g/mol. The summed E-state index contributed by atoms with van der Waals surface area (Å²) in [5.74, 6) is 2.45. The molecule has 10 heteroatoms. The minimum absolute atomic E-state index is 0.0346. The summed E-state index contributed by atoms with van der Waals surface area (Å²) in [7, 11) is -2.12. The van der Waals surface area contributed by atoms with Crippen molar-refractivity contribution in [3.63, 3.8) is 0 Å². The second-order valence-corrected chi connectivity index (χ2v) is 12.9. The van der Waals surface area contributed by atoms with Crippen molar-refractivity contribution in [1.29, 1.82) is 0 Å². The number of piperazine rings is 1. The highest BCUT2D eigenvalue weighted by Gasteiger charge is 2.28. The lowest BCUT2D eigenvalue weighted by Crippen LogP contribution is -2.47. The van der Waals surface area contributed by atoms with Crippen molar-refractivity contribution in [2.45, 2.75) is 43.2 Å². The maximum atomic E-state index is 13.0. The van der Waals surface area contributed by atoms with E-state index in [0.29, 0.717) is 22.6 Å². The zero-order chi connectivity index (χ0) is 26.1. The minimum Gasteiger partial charge on any atom is -0.497 e. The third kappa shape index (κ3) is 5.40. The standard InChI is InChI=1S/C28H34N4O4S2/c1-35-23-10-11-25-21(18-23)19-27(36-25)38(33,34)30-22-8-6-20(7-9-22)12-13-31-14-16-32(17-15-31)28-24-4-2-3-5-26(24)37-29-28/h2-5,10-11,18-20,22,30H,6-9,12-17H2,1H3. The largest absolute Gasteiger partial charge is 0.497 e. The van der Waals surface area contributed by atoms with Gasteiger partial charge in [-0.15, -0.1) is 0 Å². The van der Waals surface area contributed by atoms with Crippen LogP contribution in [0.15, 0.2) is 58.0 Å². The van der Waals surface area contributed by atoms with Crippen LogP contribution in [0.4, 0.5) is 5.82 Å². The smallest absolute Gasteiger partial charge is 0.274 e. The van der Waals surface area contributed by atoms with Gasteiger partial charge in [-0.1, -0.05) is 12.1 Å². The van der Waals surface area contributed by atoms with Gasteiger partial charge in [0.2, 0.25) is 5.09 Å². The van der Waals surface area contributed by atoms with E-state index in [4.69, 9.17) is 13.5 Å². The Morgan fingerprint density at radius 3 is 2.63 bits per heavy atom. The first-order valence-electron chi connectivity index (χ1n) is 13.4. The fourth-order valence-electron chi connectivity index (χ4n) is 5.75. The number of hydrogen-bond donors (Lipinski definition) is 1. The number of furan rings is 1. The predicted octanol–water partition coefficient (Wildman–Crippen LogP) is 5.10. The van der Waals surface area contributed by atoms with E-state index in [1.54, 1.807) is 42.9 Å². The molecule has 0 spiro atoms. The van der Waals surface area contributed by atoms with Crippen LogP contribution < -0.4 is 14.4 Å². The number of ether oxygens (including phenoxy) is 1. The third-order valence-electron chi connectivity index (χ3n) is 8.02. The SMILES string of the molecule is COc1ccc2oc(S(=O)(=O)NC3CCC(CCN4CCN(c5nsc6ccccc56)CC4)CC3)cc2c1. The van der Waals surface area contributed by atoms with E-state index < -0.39 is 10.0 Å². The molecule has 0 bridgehead atoms. The van der Waals surface area contributed by atoms with Crippen molar-refractivity contribution in [3.8, 4) is 5.75 Å². The Morgan fingerprint density at radius 1 is 1.05 bits per heavy atom. The van der Waals surface area contributed by atoms with Crippen LogP contribution in [-0.4, -0.2) is 63.6 Å². The molecule has 0 atom stereocenters. The number of nitrogens with one attached hydrogen (secondary N) is 1. The summed E-state index contributed by atoms with van der Waals surface area (Å²) in [4.78, 5) is 4.99. The van der Waals surface area contributed by atoms with Crippen LogP contribution in [0.1, 0.15) is 32.1 Å². The number of benzene rings is 2. The molecule has 38 heavy (non-hydrogen) atoms. The summed E-state index contributed by atoms with van der Waals surface area (Å²) in [6.45, 7) is 5.25. The van der Waals surface area contributed by atoms with E-state index in [2.05, 4.69) is 38.8 Å². The summed E-state index contributed by atoms with van der Waals surface area (Å²) in [5, 5.41) is 1.95. The van der Waals surface area contributed by atoms with Crippen LogP contribution >= 0.6 is 11.5 Å². The molecule has 0 radical (unpaired) electrons. The van der Waals surface area contributed by atoms with E-state index >= 15 is 0 Å². The molecular formula is C28H34N4O4S2. The van der Waals surface area contributed by atoms with Gasteiger partial charge in [-0.05, 0) is 86.4 Å². The molecule has 3 heterocycles. The number of hydrogen-bond acceptors (Lipinski definition) is 8. The van der Waals surface area contributed by atoms with Gasteiger partial charge in [-0.2, -0.15) is 4.37 Å². The Hall–Kier alpha value is -2.66. The first-order chi connectivity index (χ1) is 18.5. The number of rotatable bonds is 8. The van der Waals surface area contributed by atoms with Crippen LogP contribution in [0.3, 0.4) is 0 Å².